The minimum Gasteiger partial charge on any atom is -0.469 e. The van der Waals surface area contributed by atoms with E-state index in [1.807, 2.05) is 50.6 Å². The second kappa shape index (κ2) is 14.9. The van der Waals surface area contributed by atoms with Crippen LogP contribution in [-0.2, 0) is 31.9 Å². The fourth-order valence-corrected chi connectivity index (χ4v) is 8.70. The van der Waals surface area contributed by atoms with Gasteiger partial charge in [0.1, 0.15) is 17.2 Å². The third kappa shape index (κ3) is 7.31. The molecule has 5 aromatic rings. The second-order valence-corrected chi connectivity index (χ2v) is 16.9. The zero-order chi connectivity index (χ0) is 39.3. The Balaban J connectivity index is 0.983. The normalized spacial score (nSPS) is 18.6. The van der Waals surface area contributed by atoms with Gasteiger partial charge in [-0.3, -0.25) is 14.5 Å². The van der Waals surface area contributed by atoms with E-state index in [1.165, 1.54) is 18.2 Å². The lowest BCUT2D eigenvalue weighted by Crippen LogP contribution is -2.39. The van der Waals surface area contributed by atoms with Gasteiger partial charge in [0.15, 0.2) is 0 Å². The molecule has 1 aliphatic carbocycles. The second-order valence-electron chi connectivity index (χ2n) is 16.9. The fourth-order valence-electron chi connectivity index (χ4n) is 8.70. The summed E-state index contributed by atoms with van der Waals surface area (Å²) >= 11 is 0. The Bertz CT molecular complexity index is 2300. The first-order valence-corrected chi connectivity index (χ1v) is 20.1. The van der Waals surface area contributed by atoms with Gasteiger partial charge in [0.2, 0.25) is 5.91 Å². The average Bonchev–Trinajstić information content (AvgIpc) is 4.01. The Morgan fingerprint density at radius 1 is 0.839 bits per heavy atom. The van der Waals surface area contributed by atoms with Crippen molar-refractivity contribution in [3.8, 4) is 33.6 Å². The van der Waals surface area contributed by atoms with Crippen molar-refractivity contribution < 1.29 is 23.9 Å². The molecule has 0 saturated carbocycles. The molecule has 11 nitrogen and oxygen atoms in total. The number of carbonyl (C=O) groups excluding carboxylic acids is 3. The minimum atomic E-state index is -0.543. The molecule has 3 aromatic carbocycles. The van der Waals surface area contributed by atoms with E-state index in [2.05, 4.69) is 64.6 Å². The van der Waals surface area contributed by atoms with Crippen LogP contribution in [0, 0.1) is 11.8 Å². The van der Waals surface area contributed by atoms with Gasteiger partial charge < -0.3 is 24.3 Å². The molecule has 0 spiro atoms. The number of likely N-dealkylation sites (tertiary alicyclic amines) is 2. The van der Waals surface area contributed by atoms with E-state index in [1.54, 1.807) is 0 Å². The molecule has 0 radical (unpaired) electrons. The number of aromatic amines is 2. The molecule has 8 rings (SSSR count). The van der Waals surface area contributed by atoms with Crippen LogP contribution in [-0.4, -0.2) is 73.5 Å². The van der Waals surface area contributed by atoms with E-state index < -0.39 is 11.5 Å². The average molecular weight is 757 g/mol. The molecule has 2 N–H and O–H groups in total. The Hall–Kier alpha value is -5.45. The quantitative estimate of drug-likeness (QED) is 0.151. The highest BCUT2D eigenvalue weighted by molar-refractivity contribution is 5.91. The van der Waals surface area contributed by atoms with Crippen molar-refractivity contribution in [2.24, 2.45) is 11.8 Å². The van der Waals surface area contributed by atoms with E-state index in [0.29, 0.717) is 13.1 Å². The topological polar surface area (TPSA) is 134 Å². The van der Waals surface area contributed by atoms with Crippen molar-refractivity contribution in [3.05, 3.63) is 83.7 Å². The number of aromatic nitrogens is 4. The molecule has 2 fully saturated rings. The van der Waals surface area contributed by atoms with Gasteiger partial charge in [-0.25, -0.2) is 14.8 Å². The summed E-state index contributed by atoms with van der Waals surface area (Å²) in [4.78, 5) is 59.4. The van der Waals surface area contributed by atoms with Gasteiger partial charge in [-0.15, -0.1) is 0 Å². The molecule has 2 aliphatic heterocycles. The maximum atomic E-state index is 13.7. The molecule has 2 aromatic heterocycles. The number of amides is 2. The van der Waals surface area contributed by atoms with E-state index in [9.17, 15) is 14.4 Å². The lowest BCUT2D eigenvalue weighted by atomic mass is 9.89. The van der Waals surface area contributed by atoms with Crippen LogP contribution in [0.25, 0.3) is 44.4 Å². The van der Waals surface area contributed by atoms with Gasteiger partial charge in [-0.1, -0.05) is 56.3 Å². The Kier molecular flexibility index (Phi) is 9.97. The molecule has 56 heavy (non-hydrogen) atoms. The predicted octanol–water partition coefficient (Wildman–Crippen LogP) is 8.96. The summed E-state index contributed by atoms with van der Waals surface area (Å²) in [5.41, 5.74) is 8.26. The van der Waals surface area contributed by atoms with Crippen LogP contribution in [0.15, 0.2) is 60.8 Å². The van der Waals surface area contributed by atoms with Crippen LogP contribution >= 0.6 is 0 Å². The first kappa shape index (κ1) is 37.5. The molecule has 11 heteroatoms. The first-order valence-electron chi connectivity index (χ1n) is 20.1. The summed E-state index contributed by atoms with van der Waals surface area (Å²) in [5.74, 6) is 0.827. The third-order valence-electron chi connectivity index (χ3n) is 11.7. The number of imidazole rings is 2. The molecule has 2 amide bonds. The standard InChI is InChI=1S/C45H52N6O5/c1-26(2)34(24-39(52)55-6)43(53)50-19-7-9-37(50)41-46-25-36(48-41)32-14-13-28-21-27(11-12-29(28)23-32)30-15-17-33-31(22-30)16-18-35-40(33)49-42(47-35)38-10-8-20-51(38)44(54)56-45(3,4)5/h11-15,17,21-23,25-26,34,37-38H,7-10,16,18-20,24H2,1-6H3,(H,46,48)(H,47,49)/t34-,37-,38-/m0/s1. The number of nitrogens with zero attached hydrogens (tertiary/aromatic N) is 4. The number of carbonyl (C=O) groups is 3. The van der Waals surface area contributed by atoms with Crippen molar-refractivity contribution >= 4 is 28.7 Å². The zero-order valence-electron chi connectivity index (χ0n) is 33.3. The predicted molar refractivity (Wildman–Crippen MR) is 216 cm³/mol. The number of ether oxygens (including phenoxy) is 2. The van der Waals surface area contributed by atoms with Crippen molar-refractivity contribution in [3.63, 3.8) is 0 Å². The number of benzene rings is 3. The van der Waals surface area contributed by atoms with Gasteiger partial charge in [0.05, 0.1) is 49.1 Å². The number of rotatable bonds is 8. The van der Waals surface area contributed by atoms with E-state index in [4.69, 9.17) is 19.4 Å². The van der Waals surface area contributed by atoms with E-state index in [-0.39, 0.29) is 42.4 Å². The minimum absolute atomic E-state index is 0.0150. The smallest absolute Gasteiger partial charge is 0.410 e. The van der Waals surface area contributed by atoms with Crippen molar-refractivity contribution in [2.75, 3.05) is 20.2 Å². The van der Waals surface area contributed by atoms with Crippen molar-refractivity contribution in [1.29, 1.82) is 0 Å². The van der Waals surface area contributed by atoms with Gasteiger partial charge in [-0.2, -0.15) is 0 Å². The number of nitrogens with one attached hydrogen (secondary N) is 2. The van der Waals surface area contributed by atoms with Crippen LogP contribution in [0.5, 0.6) is 0 Å². The van der Waals surface area contributed by atoms with Gasteiger partial charge in [0.25, 0.3) is 0 Å². The number of fused-ring (bicyclic) bond motifs is 4. The number of methoxy groups -OCH3 is 1. The largest absolute Gasteiger partial charge is 0.469 e. The Labute approximate surface area is 328 Å². The van der Waals surface area contributed by atoms with Crippen molar-refractivity contribution in [1.82, 2.24) is 29.7 Å². The highest BCUT2D eigenvalue weighted by Crippen LogP contribution is 2.40. The number of esters is 1. The molecule has 2 saturated heterocycles. The molecule has 3 atom stereocenters. The molecule has 292 valence electrons. The van der Waals surface area contributed by atoms with Crippen LogP contribution in [0.4, 0.5) is 4.79 Å². The lowest BCUT2D eigenvalue weighted by molar-refractivity contribution is -0.148. The number of hydrogen-bond donors (Lipinski definition) is 2. The highest BCUT2D eigenvalue weighted by atomic mass is 16.6. The SMILES string of the molecule is COC(=O)C[C@H](C(=O)N1CCC[C@H]1c1ncc(-c2ccc3cc(-c4ccc5c(c4)CCc4[nH]c([C@@H]6CCCN6C(=O)OC(C)(C)C)nc4-5)ccc3c2)[nH]1)C(C)C. The summed E-state index contributed by atoms with van der Waals surface area (Å²) < 4.78 is 10.6. The fraction of sp³-hybridized carbons (Fsp3) is 0.444. The van der Waals surface area contributed by atoms with Crippen LogP contribution < -0.4 is 0 Å². The molecule has 0 bridgehead atoms. The molecular weight excluding hydrogens is 705 g/mol. The maximum absolute atomic E-state index is 13.7. The highest BCUT2D eigenvalue weighted by Gasteiger charge is 2.38. The third-order valence-corrected chi connectivity index (χ3v) is 11.7. The lowest BCUT2D eigenvalue weighted by Gasteiger charge is -2.29. The summed E-state index contributed by atoms with van der Waals surface area (Å²) in [7, 11) is 1.36. The molecule has 0 unspecified atom stereocenters. The van der Waals surface area contributed by atoms with Gasteiger partial charge >= 0.3 is 12.1 Å². The monoisotopic (exact) mass is 756 g/mol. The summed E-state index contributed by atoms with van der Waals surface area (Å²) in [6.07, 6.45) is 6.95. The van der Waals surface area contributed by atoms with Crippen LogP contribution in [0.1, 0.15) is 102 Å². The number of hydrogen-bond acceptors (Lipinski definition) is 7. The summed E-state index contributed by atoms with van der Waals surface area (Å²) in [6, 6.07) is 19.5. The van der Waals surface area contributed by atoms with Crippen LogP contribution in [0.3, 0.4) is 0 Å². The summed E-state index contributed by atoms with van der Waals surface area (Å²) in [6.45, 7) is 11.0. The van der Waals surface area contributed by atoms with E-state index in [0.717, 1.165) is 94.7 Å². The molecular formula is C45H52N6O5. The van der Waals surface area contributed by atoms with Crippen molar-refractivity contribution in [2.45, 2.75) is 97.2 Å². The maximum Gasteiger partial charge on any atom is 0.410 e. The van der Waals surface area contributed by atoms with Crippen LogP contribution in [0.2, 0.25) is 0 Å². The molecule has 4 heterocycles. The van der Waals surface area contributed by atoms with Gasteiger partial charge in [-0.05, 0) is 105 Å². The number of aryl methyl sites for hydroxylation is 2. The van der Waals surface area contributed by atoms with Gasteiger partial charge in [0, 0.05) is 29.9 Å². The first-order chi connectivity index (χ1) is 26.9. The number of H-pyrrole nitrogens is 2. The molecule has 3 aliphatic rings. The Morgan fingerprint density at radius 3 is 2.21 bits per heavy atom. The zero-order valence-corrected chi connectivity index (χ0v) is 33.3. The summed E-state index contributed by atoms with van der Waals surface area (Å²) in [5, 5.41) is 2.27. The Morgan fingerprint density at radius 2 is 1.50 bits per heavy atom. The van der Waals surface area contributed by atoms with E-state index >= 15 is 0 Å².